The highest BCUT2D eigenvalue weighted by atomic mass is 16.6. The van der Waals surface area contributed by atoms with E-state index in [4.69, 9.17) is 14.2 Å². The van der Waals surface area contributed by atoms with E-state index in [0.717, 1.165) is 24.0 Å². The largest absolute Gasteiger partial charge is 0.507 e. The molecule has 9 aliphatic rings. The van der Waals surface area contributed by atoms with Crippen LogP contribution in [-0.4, -0.2) is 50.2 Å². The topological polar surface area (TPSA) is 119 Å². The number of hydrogen-bond acceptors (Lipinski definition) is 7. The van der Waals surface area contributed by atoms with E-state index >= 15 is 0 Å². The van der Waals surface area contributed by atoms with Crippen LogP contribution in [0.4, 0.5) is 0 Å². The molecule has 3 heterocycles. The van der Waals surface area contributed by atoms with E-state index < -0.39 is 34.3 Å². The number of ether oxygens (including phenoxy) is 3. The number of phenols is 1. The van der Waals surface area contributed by atoms with Crippen LogP contribution in [0.3, 0.4) is 0 Å². The van der Waals surface area contributed by atoms with E-state index in [-0.39, 0.29) is 63.8 Å². The summed E-state index contributed by atoms with van der Waals surface area (Å²) < 4.78 is 21.0. The maximum atomic E-state index is 15.0. The van der Waals surface area contributed by atoms with Crippen molar-refractivity contribution in [1.29, 1.82) is 0 Å². The Morgan fingerprint density at radius 3 is 2.41 bits per heavy atom. The molecule has 46 heavy (non-hydrogen) atoms. The first-order chi connectivity index (χ1) is 21.4. The van der Waals surface area contributed by atoms with Crippen molar-refractivity contribution in [3.8, 4) is 17.2 Å². The van der Waals surface area contributed by atoms with Gasteiger partial charge in [0.15, 0.2) is 22.8 Å². The normalized spacial score (nSPS) is 39.6. The Morgan fingerprint density at radius 2 is 1.76 bits per heavy atom. The van der Waals surface area contributed by atoms with Gasteiger partial charge >= 0.3 is 5.97 Å². The van der Waals surface area contributed by atoms with Crippen LogP contribution in [0, 0.1) is 29.1 Å². The summed E-state index contributed by atoms with van der Waals surface area (Å²) in [5.74, 6) is -1.12. The number of rotatable bonds is 5. The van der Waals surface area contributed by atoms with Gasteiger partial charge in [0.1, 0.15) is 28.4 Å². The van der Waals surface area contributed by atoms with Gasteiger partial charge in [-0.05, 0) is 78.6 Å². The molecule has 4 saturated carbocycles. The quantitative estimate of drug-likeness (QED) is 0.276. The predicted octanol–water partition coefficient (Wildman–Crippen LogP) is 6.63. The first-order valence-corrected chi connectivity index (χ1v) is 16.8. The van der Waals surface area contributed by atoms with Gasteiger partial charge in [-0.2, -0.15) is 0 Å². The highest BCUT2D eigenvalue weighted by molar-refractivity contribution is 6.18. The minimum absolute atomic E-state index is 0.0455. The molecule has 6 aliphatic carbocycles. The molecule has 1 aromatic carbocycles. The molecule has 8 bridgehead atoms. The van der Waals surface area contributed by atoms with Crippen LogP contribution in [0.5, 0.6) is 17.2 Å². The van der Waals surface area contributed by atoms with Gasteiger partial charge in [0.05, 0.1) is 5.60 Å². The highest BCUT2D eigenvalue weighted by Gasteiger charge is 2.81. The molecule has 1 saturated heterocycles. The first kappa shape index (κ1) is 30.0. The zero-order chi connectivity index (χ0) is 33.1. The van der Waals surface area contributed by atoms with Crippen LogP contribution in [0.25, 0.3) is 0 Å². The third kappa shape index (κ3) is 3.22. The molecule has 0 radical (unpaired) electrons. The van der Waals surface area contributed by atoms with Gasteiger partial charge in [-0.25, -0.2) is 4.79 Å². The Balaban J connectivity index is 1.40. The summed E-state index contributed by atoms with van der Waals surface area (Å²) in [7, 11) is 0. The molecule has 4 unspecified atom stereocenters. The van der Waals surface area contributed by atoms with E-state index in [9.17, 15) is 24.6 Å². The molecule has 0 aromatic heterocycles. The number of allylic oxidation sites excluding steroid dienone is 3. The standard InChI is InChI=1S/C38H44O8/c1-17(2)9-10-20-29-25(24-21-12-13-36(8,44-29)31(24)34(21,4)5)28(40)26-27(39)22-15-19-16-23-35(6,7)46-37(32(19)41,14-11-18(3)33(42)43)38(22,23)45-30(20)26/h9,11,15,19,21,23-24,31,40H,10,12-14,16H2,1-8H3,(H,42,43)/b18-11+/t19-,21?,23?,24?,31?,36-,37+,38-/m1/s1. The molecule has 0 amide bonds. The van der Waals surface area contributed by atoms with Crippen molar-refractivity contribution in [1.82, 2.24) is 0 Å². The summed E-state index contributed by atoms with van der Waals surface area (Å²) in [4.78, 5) is 41.2. The molecule has 10 rings (SSSR count). The monoisotopic (exact) mass is 628 g/mol. The fourth-order valence-corrected chi connectivity index (χ4v) is 11.3. The highest BCUT2D eigenvalue weighted by Crippen LogP contribution is 2.76. The summed E-state index contributed by atoms with van der Waals surface area (Å²) in [5.41, 5.74) is -1.22. The Bertz CT molecular complexity index is 1770. The number of phenolic OH excluding ortho intramolecular Hbond substituents is 1. The number of carbonyl (C=O) groups excluding carboxylic acids is 2. The molecule has 8 atom stereocenters. The fourth-order valence-electron chi connectivity index (χ4n) is 11.3. The number of ketones is 2. The Hall–Kier alpha value is -3.39. The smallest absolute Gasteiger partial charge is 0.330 e. The van der Waals surface area contributed by atoms with Gasteiger partial charge in [-0.15, -0.1) is 0 Å². The van der Waals surface area contributed by atoms with E-state index in [0.29, 0.717) is 35.6 Å². The van der Waals surface area contributed by atoms with Crippen LogP contribution < -0.4 is 9.47 Å². The van der Waals surface area contributed by atoms with Crippen molar-refractivity contribution in [2.45, 2.75) is 116 Å². The molecule has 5 fully saturated rings. The maximum Gasteiger partial charge on any atom is 0.330 e. The van der Waals surface area contributed by atoms with Crippen LogP contribution in [0.15, 0.2) is 34.9 Å². The number of benzene rings is 1. The lowest BCUT2D eigenvalue weighted by Crippen LogP contribution is -2.72. The van der Waals surface area contributed by atoms with Gasteiger partial charge in [-0.3, -0.25) is 9.59 Å². The number of carboxylic acid groups (broad SMARTS) is 1. The van der Waals surface area contributed by atoms with Crippen molar-refractivity contribution in [3.05, 3.63) is 51.6 Å². The summed E-state index contributed by atoms with van der Waals surface area (Å²) in [6.07, 6.45) is 8.08. The van der Waals surface area contributed by atoms with Gasteiger partial charge < -0.3 is 24.4 Å². The fraction of sp³-hybridized carbons (Fsp3) is 0.605. The predicted molar refractivity (Wildman–Crippen MR) is 169 cm³/mol. The number of fused-ring (bicyclic) bond motifs is 3. The van der Waals surface area contributed by atoms with Gasteiger partial charge in [-0.1, -0.05) is 37.6 Å². The number of aliphatic carboxylic acids is 1. The molecule has 1 spiro atoms. The second-order valence-corrected chi connectivity index (χ2v) is 16.6. The van der Waals surface area contributed by atoms with Crippen LogP contribution in [-0.2, 0) is 20.7 Å². The molecular weight excluding hydrogens is 584 g/mol. The van der Waals surface area contributed by atoms with Crippen LogP contribution in [0.1, 0.15) is 108 Å². The van der Waals surface area contributed by atoms with E-state index in [1.165, 1.54) is 13.0 Å². The maximum absolute atomic E-state index is 15.0. The number of hydrogen-bond donors (Lipinski definition) is 2. The zero-order valence-corrected chi connectivity index (χ0v) is 28.0. The lowest BCUT2D eigenvalue weighted by Gasteiger charge is -2.70. The SMILES string of the molecule is CC(C)=CCc1c2c(c(O)c3c1O[C@]1(C)CCC4C3C1C4(C)C)C(=O)C1=C[C@@H]3CC4C(C)(C)O[C@@](C/C=C(\C)C(=O)O)(C3=O)[C@@]14O2. The summed E-state index contributed by atoms with van der Waals surface area (Å²) in [5, 5.41) is 21.9. The van der Waals surface area contributed by atoms with Gasteiger partial charge in [0, 0.05) is 52.4 Å². The number of aromatic hydroxyl groups is 1. The minimum atomic E-state index is -1.60. The Morgan fingerprint density at radius 1 is 1.04 bits per heavy atom. The molecule has 244 valence electrons. The van der Waals surface area contributed by atoms with Crippen LogP contribution in [0.2, 0.25) is 0 Å². The average Bonchev–Trinajstić information content (AvgIpc) is 3.11. The third-order valence-corrected chi connectivity index (χ3v) is 13.2. The average molecular weight is 629 g/mol. The molecule has 1 aromatic rings. The summed E-state index contributed by atoms with van der Waals surface area (Å²) in [6.45, 7) is 16.1. The lowest BCUT2D eigenvalue weighted by atomic mass is 9.37. The second kappa shape index (κ2) is 8.74. The van der Waals surface area contributed by atoms with Crippen molar-refractivity contribution in [2.75, 3.05) is 0 Å². The summed E-state index contributed by atoms with van der Waals surface area (Å²) >= 11 is 0. The Labute approximate surface area is 269 Å². The molecule has 3 aliphatic heterocycles. The molecule has 2 N–H and O–H groups in total. The van der Waals surface area contributed by atoms with E-state index in [1.54, 1.807) is 6.08 Å². The van der Waals surface area contributed by atoms with Gasteiger partial charge in [0.25, 0.3) is 0 Å². The number of Topliss-reactive ketones (excluding diaryl/α,β-unsaturated/α-hetero) is 2. The Kier molecular flexibility index (Phi) is 5.70. The van der Waals surface area contributed by atoms with Crippen molar-refractivity contribution >= 4 is 17.5 Å². The van der Waals surface area contributed by atoms with Crippen molar-refractivity contribution < 1.29 is 38.8 Å². The van der Waals surface area contributed by atoms with Crippen molar-refractivity contribution in [3.63, 3.8) is 0 Å². The zero-order valence-electron chi connectivity index (χ0n) is 28.0. The second-order valence-electron chi connectivity index (χ2n) is 16.6. The molecule has 8 heteroatoms. The molecular formula is C38H44O8. The first-order valence-electron chi connectivity index (χ1n) is 16.8. The molecule has 8 nitrogen and oxygen atoms in total. The van der Waals surface area contributed by atoms with E-state index in [2.05, 4.69) is 26.8 Å². The lowest BCUT2D eigenvalue weighted by molar-refractivity contribution is -0.214. The summed E-state index contributed by atoms with van der Waals surface area (Å²) in [6, 6.07) is 0. The van der Waals surface area contributed by atoms with Crippen molar-refractivity contribution in [2.24, 2.45) is 29.1 Å². The minimum Gasteiger partial charge on any atom is -0.507 e. The number of carboxylic acids is 1. The van der Waals surface area contributed by atoms with Crippen LogP contribution >= 0.6 is 0 Å². The van der Waals surface area contributed by atoms with E-state index in [1.807, 2.05) is 27.7 Å². The number of carbonyl (C=O) groups is 3. The third-order valence-electron chi connectivity index (χ3n) is 13.2. The van der Waals surface area contributed by atoms with Gasteiger partial charge in [0.2, 0.25) is 0 Å².